The van der Waals surface area contributed by atoms with Gasteiger partial charge in [-0.05, 0) is 122 Å². The number of rotatable bonds is 50. The summed E-state index contributed by atoms with van der Waals surface area (Å²) in [6.45, 7) is 4.43. The number of hydrogen-bond acceptors (Lipinski definition) is 6. The quantitative estimate of drug-likeness (QED) is 0.0272. The second-order valence-corrected chi connectivity index (χ2v) is 21.3. The molecular formula is C65H107N2O6P. The van der Waals surface area contributed by atoms with Crippen molar-refractivity contribution in [1.82, 2.24) is 5.32 Å². The monoisotopic (exact) mass is 1040 g/mol. The van der Waals surface area contributed by atoms with E-state index in [0.29, 0.717) is 17.4 Å². The molecule has 0 aliphatic carbocycles. The number of hydrogen-bond donors (Lipinski definition) is 2. The van der Waals surface area contributed by atoms with E-state index in [1.54, 1.807) is 6.08 Å². The molecule has 0 aromatic heterocycles. The first-order valence-electron chi connectivity index (χ1n) is 28.8. The number of nitrogens with one attached hydrogen (secondary N) is 1. The van der Waals surface area contributed by atoms with Crippen LogP contribution < -0.4 is 10.2 Å². The fourth-order valence-corrected chi connectivity index (χ4v) is 7.93. The third-order valence-electron chi connectivity index (χ3n) is 11.7. The summed E-state index contributed by atoms with van der Waals surface area (Å²) in [7, 11) is 1.20. The number of phosphoric acid groups is 1. The number of unbranched alkanes of at least 4 members (excludes halogenated alkanes) is 13. The molecule has 418 valence electrons. The van der Waals surface area contributed by atoms with Crippen LogP contribution in [0.5, 0.6) is 0 Å². The third-order valence-corrected chi connectivity index (χ3v) is 12.7. The van der Waals surface area contributed by atoms with Gasteiger partial charge < -0.3 is 28.8 Å². The largest absolute Gasteiger partial charge is 0.756 e. The number of quaternary nitrogens is 1. The van der Waals surface area contributed by atoms with Gasteiger partial charge in [0.25, 0.3) is 7.82 Å². The first-order valence-corrected chi connectivity index (χ1v) is 30.3. The third kappa shape index (κ3) is 55.9. The Labute approximate surface area is 454 Å². The average Bonchev–Trinajstić information content (AvgIpc) is 3.36. The molecule has 0 aromatic carbocycles. The predicted octanol–water partition coefficient (Wildman–Crippen LogP) is 17.2. The maximum atomic E-state index is 12.9. The van der Waals surface area contributed by atoms with Crippen molar-refractivity contribution in [2.24, 2.45) is 0 Å². The van der Waals surface area contributed by atoms with Crippen LogP contribution >= 0.6 is 7.82 Å². The number of aliphatic hydroxyl groups is 1. The van der Waals surface area contributed by atoms with Crippen molar-refractivity contribution in [3.63, 3.8) is 0 Å². The molecule has 2 N–H and O–H groups in total. The number of amides is 1. The number of allylic oxidation sites excluding steroid dienone is 25. The molecule has 0 aromatic rings. The summed E-state index contributed by atoms with van der Waals surface area (Å²) >= 11 is 0. The van der Waals surface area contributed by atoms with E-state index in [9.17, 15) is 19.4 Å². The lowest BCUT2D eigenvalue weighted by Crippen LogP contribution is -2.45. The molecule has 3 atom stereocenters. The van der Waals surface area contributed by atoms with E-state index in [1.807, 2.05) is 27.2 Å². The lowest BCUT2D eigenvalue weighted by Gasteiger charge is -2.29. The highest BCUT2D eigenvalue weighted by Crippen LogP contribution is 2.38. The van der Waals surface area contributed by atoms with E-state index in [0.717, 1.165) is 128 Å². The first kappa shape index (κ1) is 70.1. The van der Waals surface area contributed by atoms with Crippen LogP contribution in [-0.2, 0) is 18.4 Å². The van der Waals surface area contributed by atoms with Crippen LogP contribution in [0.2, 0.25) is 0 Å². The summed E-state index contributed by atoms with van der Waals surface area (Å²) in [4.78, 5) is 25.4. The van der Waals surface area contributed by atoms with Crippen LogP contribution in [0.15, 0.2) is 158 Å². The molecule has 0 aliphatic rings. The van der Waals surface area contributed by atoms with Gasteiger partial charge in [-0.1, -0.05) is 223 Å². The summed E-state index contributed by atoms with van der Waals surface area (Å²) in [6.07, 6.45) is 84.7. The molecule has 0 heterocycles. The lowest BCUT2D eigenvalue weighted by molar-refractivity contribution is -0.870. The maximum Gasteiger partial charge on any atom is 0.268 e. The van der Waals surface area contributed by atoms with Gasteiger partial charge >= 0.3 is 0 Å². The smallest absolute Gasteiger partial charge is 0.268 e. The Balaban J connectivity index is 4.17. The van der Waals surface area contributed by atoms with Crippen molar-refractivity contribution >= 4 is 13.7 Å². The van der Waals surface area contributed by atoms with Gasteiger partial charge in [0.15, 0.2) is 0 Å². The fourth-order valence-electron chi connectivity index (χ4n) is 7.21. The van der Waals surface area contributed by atoms with Crippen LogP contribution in [0.25, 0.3) is 0 Å². The van der Waals surface area contributed by atoms with Crippen molar-refractivity contribution in [3.05, 3.63) is 158 Å². The Morgan fingerprint density at radius 2 is 0.838 bits per heavy atom. The molecular weight excluding hydrogens is 936 g/mol. The number of carbonyl (C=O) groups is 1. The zero-order valence-electron chi connectivity index (χ0n) is 47.5. The zero-order chi connectivity index (χ0) is 54.2. The second kappa shape index (κ2) is 53.9. The van der Waals surface area contributed by atoms with Crippen molar-refractivity contribution in [3.8, 4) is 0 Å². The Morgan fingerprint density at radius 1 is 0.486 bits per heavy atom. The number of phosphoric ester groups is 1. The summed E-state index contributed by atoms with van der Waals surface area (Å²) in [6, 6.07) is -0.925. The van der Waals surface area contributed by atoms with Crippen molar-refractivity contribution in [2.75, 3.05) is 40.9 Å². The molecule has 0 fully saturated rings. The van der Waals surface area contributed by atoms with E-state index in [2.05, 4.69) is 165 Å². The SMILES string of the molecule is CC/C=C\C/C=C\C/C=C\C/C=C\C/C=C\C/C=C\C/C=C\C/C=C\C/C=C\C/C=C\CCCCCCCCCCC(=O)NC(COP(=O)([O-])OCC[N+](C)(C)C)C(O)/C=C/CC/C=C/CC/C=C/CCCCC. The highest BCUT2D eigenvalue weighted by Gasteiger charge is 2.23. The van der Waals surface area contributed by atoms with Gasteiger partial charge in [0.2, 0.25) is 5.91 Å². The minimum atomic E-state index is -4.62. The number of nitrogens with zero attached hydrogens (tertiary/aromatic N) is 1. The summed E-state index contributed by atoms with van der Waals surface area (Å²) in [5, 5.41) is 13.8. The fraction of sp³-hybridized carbons (Fsp3) is 0.585. The molecule has 0 aliphatic heterocycles. The number of aliphatic hydroxyl groups excluding tert-OH is 1. The average molecular weight is 1040 g/mol. The molecule has 9 heteroatoms. The normalized spacial score (nSPS) is 15.1. The number of likely N-dealkylation sites (N-methyl/N-ethyl adjacent to an activating group) is 1. The lowest BCUT2D eigenvalue weighted by atomic mass is 10.1. The topological polar surface area (TPSA) is 108 Å². The van der Waals surface area contributed by atoms with Gasteiger partial charge in [-0.3, -0.25) is 9.36 Å². The van der Waals surface area contributed by atoms with Gasteiger partial charge in [0, 0.05) is 6.42 Å². The maximum absolute atomic E-state index is 12.9. The molecule has 0 rings (SSSR count). The van der Waals surface area contributed by atoms with Crippen molar-refractivity contribution < 1.29 is 32.9 Å². The van der Waals surface area contributed by atoms with Crippen LogP contribution in [0.4, 0.5) is 0 Å². The van der Waals surface area contributed by atoms with Gasteiger partial charge in [-0.15, -0.1) is 0 Å². The highest BCUT2D eigenvalue weighted by atomic mass is 31.2. The predicted molar refractivity (Wildman–Crippen MR) is 320 cm³/mol. The molecule has 74 heavy (non-hydrogen) atoms. The first-order chi connectivity index (χ1) is 36.0. The Hall–Kier alpha value is -3.88. The summed E-state index contributed by atoms with van der Waals surface area (Å²) in [5.41, 5.74) is 0. The zero-order valence-corrected chi connectivity index (χ0v) is 48.4. The minimum absolute atomic E-state index is 0.0192. The van der Waals surface area contributed by atoms with Crippen molar-refractivity contribution in [1.29, 1.82) is 0 Å². The van der Waals surface area contributed by atoms with Gasteiger partial charge in [0.05, 0.1) is 39.9 Å². The molecule has 0 saturated heterocycles. The summed E-state index contributed by atoms with van der Waals surface area (Å²) in [5.74, 6) is -0.229. The van der Waals surface area contributed by atoms with Crippen LogP contribution in [0.3, 0.4) is 0 Å². The van der Waals surface area contributed by atoms with E-state index in [-0.39, 0.29) is 12.5 Å². The Morgan fingerprint density at radius 3 is 1.26 bits per heavy atom. The van der Waals surface area contributed by atoms with Crippen LogP contribution in [0, 0.1) is 0 Å². The molecule has 1 amide bonds. The Bertz CT molecular complexity index is 1750. The standard InChI is InChI=1S/C65H107N2O6P/c1-6-8-10-12-14-16-18-20-21-22-23-24-25-26-27-28-29-30-31-32-33-34-35-36-37-38-39-40-41-42-43-44-45-47-49-51-53-55-57-59-65(69)66-63(62-73-74(70,71)72-61-60-67(3,4)5)64(68)58-56-54-52-50-48-46-19-17-15-13-11-9-7-2/h8,10,14-17,20-21,23-24,26-27,29-30,32-33,35-36,38-39,41-42,48,50,56,58,63-64,68H,6-7,9,11-13,18-19,22,25,28,31,34,37,40,43-47,49,51-55,57,59-62H2,1-5H3,(H-,66,69,70,71)/b10-8-,16-14-,17-15+,21-20-,24-23-,27-26-,30-29-,33-32-,36-35-,39-38-,42-41-,50-48+,58-56+. The van der Waals surface area contributed by atoms with Crippen LogP contribution in [0.1, 0.15) is 194 Å². The Kier molecular flexibility index (Phi) is 51.1. The molecule has 8 nitrogen and oxygen atoms in total. The van der Waals surface area contributed by atoms with E-state index >= 15 is 0 Å². The van der Waals surface area contributed by atoms with Crippen LogP contribution in [-0.4, -0.2) is 68.5 Å². The van der Waals surface area contributed by atoms with E-state index in [4.69, 9.17) is 9.05 Å². The van der Waals surface area contributed by atoms with E-state index in [1.165, 1.54) is 44.9 Å². The van der Waals surface area contributed by atoms with Crippen molar-refractivity contribution in [2.45, 2.75) is 206 Å². The number of carbonyl (C=O) groups excluding carboxylic acids is 1. The highest BCUT2D eigenvalue weighted by molar-refractivity contribution is 7.45. The van der Waals surface area contributed by atoms with Gasteiger partial charge in [0.1, 0.15) is 13.2 Å². The molecule has 3 unspecified atom stereocenters. The molecule has 0 bridgehead atoms. The second-order valence-electron chi connectivity index (χ2n) is 19.9. The van der Waals surface area contributed by atoms with Gasteiger partial charge in [-0.2, -0.15) is 0 Å². The van der Waals surface area contributed by atoms with E-state index < -0.39 is 26.6 Å². The summed E-state index contributed by atoms with van der Waals surface area (Å²) < 4.78 is 23.2. The minimum Gasteiger partial charge on any atom is -0.756 e. The van der Waals surface area contributed by atoms with Gasteiger partial charge in [-0.25, -0.2) is 0 Å². The molecule has 0 saturated carbocycles. The molecule has 0 spiro atoms. The molecule has 0 radical (unpaired) electrons.